The molecule has 0 radical (unpaired) electrons. The summed E-state index contributed by atoms with van der Waals surface area (Å²) in [5.41, 5.74) is 1.49. The number of aromatic amines is 1. The lowest BCUT2D eigenvalue weighted by atomic mass is 9.74. The maximum atomic E-state index is 12.9. The highest BCUT2D eigenvalue weighted by Crippen LogP contribution is 2.40. The molecule has 0 aliphatic carbocycles. The Kier molecular flexibility index (Phi) is 4.96. The lowest BCUT2D eigenvalue weighted by Gasteiger charge is -2.55. The Morgan fingerprint density at radius 3 is 2.72 bits per heavy atom. The van der Waals surface area contributed by atoms with E-state index in [-0.39, 0.29) is 11.5 Å². The predicted molar refractivity (Wildman–Crippen MR) is 111 cm³/mol. The van der Waals surface area contributed by atoms with Crippen LogP contribution < -0.4 is 5.56 Å². The van der Waals surface area contributed by atoms with Gasteiger partial charge >= 0.3 is 0 Å². The molecule has 2 aromatic rings. The van der Waals surface area contributed by atoms with Crippen molar-refractivity contribution in [3.63, 3.8) is 0 Å². The van der Waals surface area contributed by atoms with Crippen LogP contribution in [0.4, 0.5) is 0 Å². The van der Waals surface area contributed by atoms with Gasteiger partial charge in [0.25, 0.3) is 11.5 Å². The van der Waals surface area contributed by atoms with Crippen molar-refractivity contribution in [2.24, 2.45) is 11.8 Å². The lowest BCUT2D eigenvalue weighted by Crippen LogP contribution is -2.62. The van der Waals surface area contributed by atoms with Crippen LogP contribution in [-0.4, -0.2) is 57.6 Å². The van der Waals surface area contributed by atoms with Crippen LogP contribution in [0.2, 0.25) is 0 Å². The van der Waals surface area contributed by atoms with E-state index in [1.54, 1.807) is 0 Å². The third-order valence-corrected chi connectivity index (χ3v) is 7.01. The Bertz CT molecular complexity index is 907. The zero-order chi connectivity index (χ0) is 19.8. The number of piperidine rings is 3. The number of hydrogen-bond acceptors (Lipinski definition) is 4. The normalized spacial score (nSPS) is 29.3. The molecular formula is C23H28N4O2. The minimum absolute atomic E-state index is 0.0546. The molecule has 0 unspecified atom stereocenters. The van der Waals surface area contributed by atoms with Crippen LogP contribution in [0.5, 0.6) is 0 Å². The van der Waals surface area contributed by atoms with Crippen LogP contribution in [0, 0.1) is 11.8 Å². The number of carbonyl (C=O) groups is 1. The van der Waals surface area contributed by atoms with Gasteiger partial charge in [0.1, 0.15) is 5.69 Å². The topological polar surface area (TPSA) is 69.3 Å². The van der Waals surface area contributed by atoms with Crippen LogP contribution >= 0.6 is 0 Å². The first-order valence-electron chi connectivity index (χ1n) is 10.8. The minimum atomic E-state index is -0.278. The second kappa shape index (κ2) is 7.75. The summed E-state index contributed by atoms with van der Waals surface area (Å²) in [7, 11) is 0. The van der Waals surface area contributed by atoms with Gasteiger partial charge in [0.15, 0.2) is 0 Å². The van der Waals surface area contributed by atoms with Gasteiger partial charge in [-0.05, 0) is 49.1 Å². The molecule has 1 aromatic heterocycles. The number of rotatable bonds is 3. The van der Waals surface area contributed by atoms with Gasteiger partial charge in [-0.15, -0.1) is 0 Å². The van der Waals surface area contributed by atoms with E-state index in [4.69, 9.17) is 0 Å². The van der Waals surface area contributed by atoms with Crippen molar-refractivity contribution in [2.75, 3.05) is 19.6 Å². The molecule has 6 nitrogen and oxygen atoms in total. The summed E-state index contributed by atoms with van der Waals surface area (Å²) in [5.74, 6) is 1.00. The molecule has 5 rings (SSSR count). The SMILES string of the molecule is O=C(c1ccc(=O)[nH]n1)N1C[C@@H]2C[C@H](C1)[C@@H]1CCC[C@H](Cc3ccccc3)N1C2. The molecule has 1 aromatic carbocycles. The molecule has 4 heterocycles. The Hall–Kier alpha value is -2.47. The molecule has 3 saturated heterocycles. The molecule has 29 heavy (non-hydrogen) atoms. The number of benzene rings is 1. The second-order valence-corrected chi connectivity index (χ2v) is 8.92. The molecular weight excluding hydrogens is 364 g/mol. The van der Waals surface area contributed by atoms with E-state index < -0.39 is 0 Å². The van der Waals surface area contributed by atoms with E-state index in [9.17, 15) is 9.59 Å². The molecule has 3 aliphatic heterocycles. The number of nitrogens with one attached hydrogen (secondary N) is 1. The van der Waals surface area contributed by atoms with Crippen LogP contribution in [-0.2, 0) is 6.42 Å². The summed E-state index contributed by atoms with van der Waals surface area (Å²) >= 11 is 0. The van der Waals surface area contributed by atoms with Crippen LogP contribution in [0.1, 0.15) is 41.7 Å². The number of hydrogen-bond donors (Lipinski definition) is 1. The maximum Gasteiger partial charge on any atom is 0.274 e. The average Bonchev–Trinajstić information content (AvgIpc) is 2.75. The first-order valence-corrected chi connectivity index (χ1v) is 10.8. The average molecular weight is 393 g/mol. The molecule has 0 saturated carbocycles. The Morgan fingerprint density at radius 1 is 1.07 bits per heavy atom. The highest BCUT2D eigenvalue weighted by molar-refractivity contribution is 5.92. The number of likely N-dealkylation sites (tertiary alicyclic amines) is 1. The van der Waals surface area contributed by atoms with Crippen LogP contribution in [0.3, 0.4) is 0 Å². The van der Waals surface area contributed by atoms with E-state index in [1.165, 1.54) is 43.4 Å². The Balaban J connectivity index is 1.31. The van der Waals surface area contributed by atoms with Crippen LogP contribution in [0.15, 0.2) is 47.3 Å². The summed E-state index contributed by atoms with van der Waals surface area (Å²) in [6.07, 6.45) is 6.13. The molecule has 1 N–H and O–H groups in total. The zero-order valence-corrected chi connectivity index (χ0v) is 16.7. The number of carbonyl (C=O) groups excluding carboxylic acids is 1. The molecule has 4 atom stereocenters. The van der Waals surface area contributed by atoms with E-state index in [0.717, 1.165) is 26.1 Å². The number of amides is 1. The molecule has 3 aliphatic rings. The van der Waals surface area contributed by atoms with Crippen molar-refractivity contribution in [3.05, 3.63) is 64.1 Å². The number of nitrogens with zero attached hydrogens (tertiary/aromatic N) is 3. The fourth-order valence-electron chi connectivity index (χ4n) is 5.81. The van der Waals surface area contributed by atoms with E-state index in [2.05, 4.69) is 45.4 Å². The standard InChI is InChI=1S/C23H28N4O2/c28-22-10-9-20(24-25-22)23(29)26-13-17-11-18(15-26)21-8-4-7-19(27(21)14-17)12-16-5-2-1-3-6-16/h1-3,5-6,9-10,17-19,21H,4,7-8,11-15H2,(H,25,28)/t17-,18+,19+,21-/m0/s1. The van der Waals surface area contributed by atoms with Gasteiger partial charge < -0.3 is 4.90 Å². The number of aromatic nitrogens is 2. The lowest BCUT2D eigenvalue weighted by molar-refractivity contribution is -0.0500. The molecule has 2 bridgehead atoms. The van der Waals surface area contributed by atoms with Gasteiger partial charge in [0.05, 0.1) is 0 Å². The summed E-state index contributed by atoms with van der Waals surface area (Å²) in [6.45, 7) is 2.67. The highest BCUT2D eigenvalue weighted by Gasteiger charge is 2.45. The summed E-state index contributed by atoms with van der Waals surface area (Å²) in [5, 5.41) is 6.33. The van der Waals surface area contributed by atoms with E-state index in [1.807, 2.05) is 4.90 Å². The zero-order valence-electron chi connectivity index (χ0n) is 16.7. The Labute approximate surface area is 170 Å². The molecule has 6 heteroatoms. The summed E-state index contributed by atoms with van der Waals surface area (Å²) in [6, 6.07) is 14.9. The fourth-order valence-corrected chi connectivity index (χ4v) is 5.81. The Morgan fingerprint density at radius 2 is 1.93 bits per heavy atom. The van der Waals surface area contributed by atoms with Gasteiger partial charge in [0, 0.05) is 37.8 Å². The first kappa shape index (κ1) is 18.6. The predicted octanol–water partition coefficient (Wildman–Crippen LogP) is 2.33. The van der Waals surface area contributed by atoms with Crippen molar-refractivity contribution in [3.8, 4) is 0 Å². The molecule has 0 spiro atoms. The smallest absolute Gasteiger partial charge is 0.274 e. The van der Waals surface area contributed by atoms with Crippen molar-refractivity contribution in [1.29, 1.82) is 0 Å². The van der Waals surface area contributed by atoms with E-state index >= 15 is 0 Å². The van der Waals surface area contributed by atoms with Gasteiger partial charge in [0.2, 0.25) is 0 Å². The maximum absolute atomic E-state index is 12.9. The molecule has 152 valence electrons. The summed E-state index contributed by atoms with van der Waals surface area (Å²) < 4.78 is 0. The van der Waals surface area contributed by atoms with Gasteiger partial charge in [-0.1, -0.05) is 36.8 Å². The quantitative estimate of drug-likeness (QED) is 0.870. The van der Waals surface area contributed by atoms with Crippen LogP contribution in [0.25, 0.3) is 0 Å². The van der Waals surface area contributed by atoms with Crippen molar-refractivity contribution >= 4 is 5.91 Å². The number of fused-ring (bicyclic) bond motifs is 4. The van der Waals surface area contributed by atoms with Crippen molar-refractivity contribution < 1.29 is 4.79 Å². The monoisotopic (exact) mass is 392 g/mol. The highest BCUT2D eigenvalue weighted by atomic mass is 16.2. The van der Waals surface area contributed by atoms with Crippen molar-refractivity contribution in [2.45, 2.75) is 44.2 Å². The third-order valence-electron chi connectivity index (χ3n) is 7.01. The summed E-state index contributed by atoms with van der Waals surface area (Å²) in [4.78, 5) is 28.9. The first-order chi connectivity index (χ1) is 14.2. The van der Waals surface area contributed by atoms with Gasteiger partial charge in [-0.25, -0.2) is 5.10 Å². The third kappa shape index (κ3) is 3.73. The van der Waals surface area contributed by atoms with Gasteiger partial charge in [-0.2, -0.15) is 5.10 Å². The van der Waals surface area contributed by atoms with Gasteiger partial charge in [-0.3, -0.25) is 14.5 Å². The second-order valence-electron chi connectivity index (χ2n) is 8.92. The minimum Gasteiger partial charge on any atom is -0.337 e. The number of H-pyrrole nitrogens is 1. The largest absolute Gasteiger partial charge is 0.337 e. The fraction of sp³-hybridized carbons (Fsp3) is 0.522. The van der Waals surface area contributed by atoms with Crippen molar-refractivity contribution in [1.82, 2.24) is 20.0 Å². The van der Waals surface area contributed by atoms with E-state index in [0.29, 0.717) is 29.6 Å². The molecule has 3 fully saturated rings. The molecule has 1 amide bonds.